The molecule has 6 nitrogen and oxygen atoms in total. The Kier molecular flexibility index (Phi) is 5.84. The number of hydrogen-bond acceptors (Lipinski definition) is 5. The zero-order valence-electron chi connectivity index (χ0n) is 16.9. The Morgan fingerprint density at radius 1 is 0.967 bits per heavy atom. The van der Waals surface area contributed by atoms with Gasteiger partial charge in [-0.15, -0.1) is 0 Å². The number of anilines is 1. The first-order chi connectivity index (χ1) is 14.6. The average molecular weight is 407 g/mol. The third kappa shape index (κ3) is 4.08. The van der Waals surface area contributed by atoms with Gasteiger partial charge in [-0.3, -0.25) is 14.4 Å². The van der Waals surface area contributed by atoms with Crippen LogP contribution in [-0.2, 0) is 14.3 Å². The van der Waals surface area contributed by atoms with Crippen LogP contribution in [0, 0.1) is 23.7 Å². The number of benzene rings is 2. The minimum absolute atomic E-state index is 0.00517. The van der Waals surface area contributed by atoms with Crippen LogP contribution in [0.1, 0.15) is 29.6 Å². The minimum Gasteiger partial charge on any atom is -0.497 e. The molecule has 6 heteroatoms. The van der Waals surface area contributed by atoms with Gasteiger partial charge in [0.2, 0.25) is 0 Å². The van der Waals surface area contributed by atoms with Crippen LogP contribution in [0.3, 0.4) is 0 Å². The molecule has 0 aliphatic heterocycles. The maximum absolute atomic E-state index is 13.1. The van der Waals surface area contributed by atoms with Crippen LogP contribution < -0.4 is 10.1 Å². The van der Waals surface area contributed by atoms with Crippen molar-refractivity contribution in [2.75, 3.05) is 19.0 Å². The third-order valence-electron chi connectivity index (χ3n) is 6.25. The minimum atomic E-state index is -0.471. The van der Waals surface area contributed by atoms with Crippen molar-refractivity contribution in [3.05, 3.63) is 60.2 Å². The van der Waals surface area contributed by atoms with Crippen LogP contribution in [0.2, 0.25) is 0 Å². The predicted octanol–water partition coefficient (Wildman–Crippen LogP) is 3.72. The number of ether oxygens (including phenoxy) is 2. The summed E-state index contributed by atoms with van der Waals surface area (Å²) in [4.78, 5) is 38.2. The molecule has 30 heavy (non-hydrogen) atoms. The first-order valence-corrected chi connectivity index (χ1v) is 10.3. The van der Waals surface area contributed by atoms with Crippen molar-refractivity contribution in [2.45, 2.75) is 19.3 Å². The van der Waals surface area contributed by atoms with Gasteiger partial charge in [0.05, 0.1) is 13.0 Å². The van der Waals surface area contributed by atoms with Crippen LogP contribution in [0.15, 0.2) is 54.6 Å². The summed E-state index contributed by atoms with van der Waals surface area (Å²) in [5, 5.41) is 2.69. The van der Waals surface area contributed by atoms with E-state index in [9.17, 15) is 14.4 Å². The topological polar surface area (TPSA) is 81.7 Å². The molecule has 2 aromatic carbocycles. The van der Waals surface area contributed by atoms with Gasteiger partial charge in [-0.05, 0) is 43.2 Å². The molecule has 0 aromatic heterocycles. The smallest absolute Gasteiger partial charge is 0.310 e. The number of methoxy groups -OCH3 is 1. The Labute approximate surface area is 175 Å². The largest absolute Gasteiger partial charge is 0.497 e. The molecule has 2 aliphatic rings. The Morgan fingerprint density at radius 3 is 2.43 bits per heavy atom. The molecule has 2 aromatic rings. The van der Waals surface area contributed by atoms with Crippen LogP contribution in [-0.4, -0.2) is 31.4 Å². The van der Waals surface area contributed by atoms with Crippen molar-refractivity contribution in [3.63, 3.8) is 0 Å². The summed E-state index contributed by atoms with van der Waals surface area (Å²) in [6.45, 7) is -0.379. The second-order valence-electron chi connectivity index (χ2n) is 8.00. The number of rotatable bonds is 7. The number of carbonyl (C=O) groups is 3. The number of carbonyl (C=O) groups excluding carboxylic acids is 3. The highest BCUT2D eigenvalue weighted by Crippen LogP contribution is 2.53. The van der Waals surface area contributed by atoms with E-state index in [1.165, 1.54) is 0 Å². The van der Waals surface area contributed by atoms with E-state index in [0.717, 1.165) is 19.3 Å². The molecule has 2 fully saturated rings. The average Bonchev–Trinajstić information content (AvgIpc) is 3.39. The first kappa shape index (κ1) is 20.1. The number of amides is 1. The fourth-order valence-electron chi connectivity index (χ4n) is 4.93. The van der Waals surface area contributed by atoms with Crippen LogP contribution >= 0.6 is 0 Å². The Morgan fingerprint density at radius 2 is 1.70 bits per heavy atom. The van der Waals surface area contributed by atoms with Gasteiger partial charge in [0.15, 0.2) is 12.4 Å². The van der Waals surface area contributed by atoms with Crippen molar-refractivity contribution in [1.82, 2.24) is 0 Å². The zero-order chi connectivity index (χ0) is 21.1. The van der Waals surface area contributed by atoms with Gasteiger partial charge < -0.3 is 14.8 Å². The highest BCUT2D eigenvalue weighted by atomic mass is 16.5. The molecular weight excluding hydrogens is 382 g/mol. The van der Waals surface area contributed by atoms with Gasteiger partial charge in [0, 0.05) is 23.2 Å². The van der Waals surface area contributed by atoms with E-state index >= 15 is 0 Å². The zero-order valence-corrected chi connectivity index (χ0v) is 16.9. The van der Waals surface area contributed by atoms with E-state index in [1.54, 1.807) is 43.5 Å². The molecule has 1 amide bonds. The van der Waals surface area contributed by atoms with E-state index in [2.05, 4.69) is 5.32 Å². The molecule has 2 saturated carbocycles. The molecule has 156 valence electrons. The van der Waals surface area contributed by atoms with Crippen molar-refractivity contribution >= 4 is 23.3 Å². The fourth-order valence-corrected chi connectivity index (χ4v) is 4.93. The van der Waals surface area contributed by atoms with E-state index in [0.29, 0.717) is 17.0 Å². The van der Waals surface area contributed by atoms with Crippen LogP contribution in [0.5, 0.6) is 5.75 Å². The van der Waals surface area contributed by atoms with Gasteiger partial charge in [0.25, 0.3) is 5.91 Å². The highest BCUT2D eigenvalue weighted by molar-refractivity contribution is 6.01. The number of nitrogens with one attached hydrogen (secondary N) is 1. The predicted molar refractivity (Wildman–Crippen MR) is 111 cm³/mol. The molecule has 0 unspecified atom stereocenters. The lowest BCUT2D eigenvalue weighted by atomic mass is 9.75. The summed E-state index contributed by atoms with van der Waals surface area (Å²) in [6, 6.07) is 16.1. The summed E-state index contributed by atoms with van der Waals surface area (Å²) in [5.41, 5.74) is 1.19. The van der Waals surface area contributed by atoms with Crippen molar-refractivity contribution in [1.29, 1.82) is 0 Å². The fraction of sp³-hybridized carbons (Fsp3) is 0.375. The summed E-state index contributed by atoms with van der Waals surface area (Å²) < 4.78 is 10.5. The molecule has 2 bridgehead atoms. The van der Waals surface area contributed by atoms with E-state index in [-0.39, 0.29) is 30.1 Å². The summed E-state index contributed by atoms with van der Waals surface area (Å²) >= 11 is 0. The number of Topliss-reactive ketones (excluding diaryl/α,β-unsaturated/α-hetero) is 1. The van der Waals surface area contributed by atoms with Gasteiger partial charge in [-0.25, -0.2) is 0 Å². The maximum atomic E-state index is 13.1. The quantitative estimate of drug-likeness (QED) is 0.559. The molecule has 0 radical (unpaired) electrons. The standard InChI is InChI=1S/C24H25NO5/c1-29-19-9-5-8-18(13-19)25-20(26)14-30-24(28)22-17-11-10-16(12-17)21(22)23(27)15-6-3-2-4-7-15/h2-9,13,16-17,21-22H,10-12,14H2,1H3,(H,25,26)/t16-,17-,21+,22-/m0/s1. The van der Waals surface area contributed by atoms with Gasteiger partial charge >= 0.3 is 5.97 Å². The van der Waals surface area contributed by atoms with Gasteiger partial charge in [-0.1, -0.05) is 36.4 Å². The number of ketones is 1. The van der Waals surface area contributed by atoms with Gasteiger partial charge in [0.1, 0.15) is 5.75 Å². The van der Waals surface area contributed by atoms with E-state index in [1.807, 2.05) is 18.2 Å². The monoisotopic (exact) mass is 407 g/mol. The molecule has 0 heterocycles. The molecule has 1 N–H and O–H groups in total. The molecule has 4 rings (SSSR count). The normalized spacial score (nSPS) is 24.3. The third-order valence-corrected chi connectivity index (χ3v) is 6.25. The number of hydrogen-bond donors (Lipinski definition) is 1. The summed E-state index contributed by atoms with van der Waals surface area (Å²) in [7, 11) is 1.55. The number of esters is 1. The van der Waals surface area contributed by atoms with E-state index in [4.69, 9.17) is 9.47 Å². The second-order valence-corrected chi connectivity index (χ2v) is 8.00. The number of fused-ring (bicyclic) bond motifs is 2. The molecule has 0 spiro atoms. The highest BCUT2D eigenvalue weighted by Gasteiger charge is 2.54. The molecule has 0 saturated heterocycles. The lowest BCUT2D eigenvalue weighted by molar-refractivity contribution is -0.154. The Hall–Kier alpha value is -3.15. The van der Waals surface area contributed by atoms with Crippen LogP contribution in [0.4, 0.5) is 5.69 Å². The summed E-state index contributed by atoms with van der Waals surface area (Å²) in [6.07, 6.45) is 2.77. The van der Waals surface area contributed by atoms with E-state index < -0.39 is 17.8 Å². The maximum Gasteiger partial charge on any atom is 0.310 e. The Balaban J connectivity index is 1.39. The molecular formula is C24H25NO5. The Bertz CT molecular complexity index is 942. The van der Waals surface area contributed by atoms with Crippen LogP contribution in [0.25, 0.3) is 0 Å². The van der Waals surface area contributed by atoms with Crippen molar-refractivity contribution in [3.8, 4) is 5.75 Å². The lowest BCUT2D eigenvalue weighted by Crippen LogP contribution is -2.37. The molecule has 4 atom stereocenters. The lowest BCUT2D eigenvalue weighted by Gasteiger charge is -2.28. The second kappa shape index (κ2) is 8.69. The SMILES string of the molecule is COc1cccc(NC(=O)COC(=O)[C@H]2[C@H]3CC[C@@H](C3)[C@H]2C(=O)c2ccccc2)c1. The first-order valence-electron chi connectivity index (χ1n) is 10.3. The van der Waals surface area contributed by atoms with Crippen molar-refractivity contribution in [2.24, 2.45) is 23.7 Å². The summed E-state index contributed by atoms with van der Waals surface area (Å²) in [5.74, 6) is -0.712. The van der Waals surface area contributed by atoms with Gasteiger partial charge in [-0.2, -0.15) is 0 Å². The van der Waals surface area contributed by atoms with Crippen molar-refractivity contribution < 1.29 is 23.9 Å². The molecule has 2 aliphatic carbocycles.